The van der Waals surface area contributed by atoms with Gasteiger partial charge in [0.1, 0.15) is 5.75 Å². The van der Waals surface area contributed by atoms with E-state index in [0.29, 0.717) is 18.9 Å². The van der Waals surface area contributed by atoms with E-state index in [0.717, 1.165) is 29.0 Å². The number of rotatable bonds is 9. The number of carbonyl (C=O) groups excluding carboxylic acids is 2. The van der Waals surface area contributed by atoms with E-state index in [1.165, 1.54) is 6.07 Å². The van der Waals surface area contributed by atoms with Gasteiger partial charge in [-0.05, 0) is 47.5 Å². The molecule has 0 unspecified atom stereocenters. The van der Waals surface area contributed by atoms with Crippen molar-refractivity contribution in [3.8, 4) is 5.75 Å². The fourth-order valence-corrected chi connectivity index (χ4v) is 2.86. The smallest absolute Gasteiger partial charge is 0.319 e. The number of amides is 3. The molecule has 0 saturated carbocycles. The van der Waals surface area contributed by atoms with Crippen molar-refractivity contribution in [1.82, 2.24) is 5.32 Å². The Kier molecular flexibility index (Phi) is 8.31. The molecule has 172 valence electrons. The Balaban J connectivity index is 1.42. The fraction of sp³-hybridized carbons (Fsp3) is 0.167. The van der Waals surface area contributed by atoms with Crippen LogP contribution in [0.1, 0.15) is 11.1 Å². The quantitative estimate of drug-likeness (QED) is 0.445. The molecule has 0 aliphatic carbocycles. The third-order valence-electron chi connectivity index (χ3n) is 4.49. The van der Waals surface area contributed by atoms with Gasteiger partial charge in [-0.25, -0.2) is 13.6 Å². The highest BCUT2D eigenvalue weighted by Gasteiger charge is 2.09. The van der Waals surface area contributed by atoms with Gasteiger partial charge in [0.15, 0.2) is 11.6 Å². The lowest BCUT2D eigenvalue weighted by molar-refractivity contribution is -0.115. The van der Waals surface area contributed by atoms with Crippen LogP contribution in [-0.4, -0.2) is 25.6 Å². The number of halogens is 2. The van der Waals surface area contributed by atoms with Gasteiger partial charge < -0.3 is 25.4 Å². The number of nitrogens with one attached hydrogen (secondary N) is 3. The van der Waals surface area contributed by atoms with E-state index in [9.17, 15) is 18.4 Å². The minimum Gasteiger partial charge on any atom is -0.497 e. The van der Waals surface area contributed by atoms with Crippen molar-refractivity contribution in [2.75, 3.05) is 24.3 Å². The SMILES string of the molecule is COc1ccc(COCc2cccc(NC(=O)NCC(=O)Nc3ccc(F)c(F)c3)c2)cc1. The molecule has 0 aliphatic heterocycles. The highest BCUT2D eigenvalue weighted by atomic mass is 19.2. The average Bonchev–Trinajstić information content (AvgIpc) is 2.81. The molecule has 9 heteroatoms. The number of hydrogen-bond acceptors (Lipinski definition) is 4. The summed E-state index contributed by atoms with van der Waals surface area (Å²) in [6, 6.07) is 17.1. The summed E-state index contributed by atoms with van der Waals surface area (Å²) in [6.07, 6.45) is 0. The maximum Gasteiger partial charge on any atom is 0.319 e. The summed E-state index contributed by atoms with van der Waals surface area (Å²) in [6.45, 7) is 0.421. The van der Waals surface area contributed by atoms with Crippen LogP contribution in [0.3, 0.4) is 0 Å². The van der Waals surface area contributed by atoms with Gasteiger partial charge in [-0.15, -0.1) is 0 Å². The van der Waals surface area contributed by atoms with Crippen LogP contribution in [0.4, 0.5) is 25.0 Å². The Labute approximate surface area is 189 Å². The minimum absolute atomic E-state index is 0.0865. The highest BCUT2D eigenvalue weighted by molar-refractivity contribution is 5.96. The van der Waals surface area contributed by atoms with Crippen molar-refractivity contribution in [2.45, 2.75) is 13.2 Å². The molecule has 0 atom stereocenters. The van der Waals surface area contributed by atoms with E-state index in [4.69, 9.17) is 9.47 Å². The number of carbonyl (C=O) groups is 2. The molecule has 0 spiro atoms. The van der Waals surface area contributed by atoms with Gasteiger partial charge in [0.05, 0.1) is 26.9 Å². The van der Waals surface area contributed by atoms with Gasteiger partial charge in [0, 0.05) is 17.4 Å². The van der Waals surface area contributed by atoms with Crippen LogP contribution in [0.15, 0.2) is 66.7 Å². The van der Waals surface area contributed by atoms with Crippen molar-refractivity contribution >= 4 is 23.3 Å². The number of anilines is 2. The zero-order valence-electron chi connectivity index (χ0n) is 17.9. The summed E-state index contributed by atoms with van der Waals surface area (Å²) in [5, 5.41) is 7.40. The molecule has 0 radical (unpaired) electrons. The van der Waals surface area contributed by atoms with Crippen molar-refractivity contribution in [3.05, 3.63) is 89.5 Å². The first-order chi connectivity index (χ1) is 15.9. The van der Waals surface area contributed by atoms with Crippen molar-refractivity contribution in [2.24, 2.45) is 0 Å². The molecule has 0 fully saturated rings. The maximum atomic E-state index is 13.2. The lowest BCUT2D eigenvalue weighted by Gasteiger charge is -2.10. The normalized spacial score (nSPS) is 10.4. The molecule has 3 amide bonds. The van der Waals surface area contributed by atoms with Gasteiger partial charge >= 0.3 is 6.03 Å². The molecule has 7 nitrogen and oxygen atoms in total. The second kappa shape index (κ2) is 11.6. The lowest BCUT2D eigenvalue weighted by atomic mass is 10.2. The van der Waals surface area contributed by atoms with Crippen molar-refractivity contribution in [3.63, 3.8) is 0 Å². The summed E-state index contributed by atoms with van der Waals surface area (Å²) < 4.78 is 37.0. The van der Waals surface area contributed by atoms with Crippen LogP contribution in [0, 0.1) is 11.6 Å². The third kappa shape index (κ3) is 7.58. The molecule has 33 heavy (non-hydrogen) atoms. The molecule has 0 aliphatic rings. The van der Waals surface area contributed by atoms with Gasteiger partial charge in [0.2, 0.25) is 5.91 Å². The van der Waals surface area contributed by atoms with E-state index in [2.05, 4.69) is 16.0 Å². The molecular weight excluding hydrogens is 432 g/mol. The Morgan fingerprint density at radius 2 is 1.55 bits per heavy atom. The summed E-state index contributed by atoms with van der Waals surface area (Å²) >= 11 is 0. The van der Waals surface area contributed by atoms with Crippen LogP contribution in [0.25, 0.3) is 0 Å². The number of urea groups is 1. The van der Waals surface area contributed by atoms with Gasteiger partial charge in [-0.2, -0.15) is 0 Å². The number of ether oxygens (including phenoxy) is 2. The third-order valence-corrected chi connectivity index (χ3v) is 4.49. The predicted molar refractivity (Wildman–Crippen MR) is 120 cm³/mol. The minimum atomic E-state index is -1.08. The average molecular weight is 455 g/mol. The Morgan fingerprint density at radius 1 is 0.818 bits per heavy atom. The van der Waals surface area contributed by atoms with Crippen LogP contribution in [0.5, 0.6) is 5.75 Å². The number of methoxy groups -OCH3 is 1. The summed E-state index contributed by atoms with van der Waals surface area (Å²) in [5.41, 5.74) is 2.48. The largest absolute Gasteiger partial charge is 0.497 e. The Bertz CT molecular complexity index is 1110. The van der Waals surface area contributed by atoms with Crippen LogP contribution in [-0.2, 0) is 22.7 Å². The molecular formula is C24H23F2N3O4. The molecule has 3 rings (SSSR count). The lowest BCUT2D eigenvalue weighted by Crippen LogP contribution is -2.35. The summed E-state index contributed by atoms with van der Waals surface area (Å²) in [5.74, 6) is -1.90. The van der Waals surface area contributed by atoms with Crippen LogP contribution < -0.4 is 20.7 Å². The zero-order valence-corrected chi connectivity index (χ0v) is 17.9. The second-order valence-corrected chi connectivity index (χ2v) is 7.03. The first-order valence-corrected chi connectivity index (χ1v) is 10.0. The molecule has 0 heterocycles. The summed E-state index contributed by atoms with van der Waals surface area (Å²) in [7, 11) is 1.61. The van der Waals surface area contributed by atoms with E-state index in [1.54, 1.807) is 25.3 Å². The zero-order chi connectivity index (χ0) is 23.6. The molecule has 0 aromatic heterocycles. The van der Waals surface area contributed by atoms with Gasteiger partial charge in [0.25, 0.3) is 0 Å². The number of benzene rings is 3. The highest BCUT2D eigenvalue weighted by Crippen LogP contribution is 2.15. The summed E-state index contributed by atoms with van der Waals surface area (Å²) in [4.78, 5) is 24.0. The monoisotopic (exact) mass is 455 g/mol. The predicted octanol–water partition coefficient (Wildman–Crippen LogP) is 4.45. The first-order valence-electron chi connectivity index (χ1n) is 10.0. The number of hydrogen-bond donors (Lipinski definition) is 3. The Hall–Kier alpha value is -3.98. The van der Waals surface area contributed by atoms with E-state index < -0.39 is 23.6 Å². The molecule has 0 saturated heterocycles. The molecule has 3 N–H and O–H groups in total. The van der Waals surface area contributed by atoms with Crippen LogP contribution >= 0.6 is 0 Å². The van der Waals surface area contributed by atoms with E-state index >= 15 is 0 Å². The van der Waals surface area contributed by atoms with Gasteiger partial charge in [-0.1, -0.05) is 24.3 Å². The van der Waals surface area contributed by atoms with Crippen molar-refractivity contribution in [1.29, 1.82) is 0 Å². The van der Waals surface area contributed by atoms with E-state index in [-0.39, 0.29) is 12.2 Å². The Morgan fingerprint density at radius 3 is 2.27 bits per heavy atom. The van der Waals surface area contributed by atoms with Crippen molar-refractivity contribution < 1.29 is 27.8 Å². The maximum absolute atomic E-state index is 13.2. The molecule has 3 aromatic rings. The molecule has 0 bridgehead atoms. The van der Waals surface area contributed by atoms with Crippen LogP contribution in [0.2, 0.25) is 0 Å². The second-order valence-electron chi connectivity index (χ2n) is 7.03. The van der Waals surface area contributed by atoms with E-state index in [1.807, 2.05) is 30.3 Å². The topological polar surface area (TPSA) is 88.7 Å². The molecule has 3 aromatic carbocycles. The standard InChI is InChI=1S/C24H23F2N3O4/c1-32-20-8-5-16(6-9-20)14-33-15-17-3-2-4-18(11-17)29-24(31)27-13-23(30)28-19-7-10-21(25)22(26)12-19/h2-12H,13-15H2,1H3,(H,28,30)(H2,27,29,31). The fourth-order valence-electron chi connectivity index (χ4n) is 2.86. The first kappa shape index (κ1) is 23.7. The van der Waals surface area contributed by atoms with Gasteiger partial charge in [-0.3, -0.25) is 4.79 Å².